The lowest BCUT2D eigenvalue weighted by Gasteiger charge is -2.23. The second-order valence-corrected chi connectivity index (χ2v) is 4.64. The van der Waals surface area contributed by atoms with Crippen molar-refractivity contribution in [1.29, 1.82) is 0 Å². The predicted octanol–water partition coefficient (Wildman–Crippen LogP) is 2.37. The van der Waals surface area contributed by atoms with Crippen molar-refractivity contribution in [1.82, 2.24) is 4.90 Å². The molecule has 0 saturated heterocycles. The smallest absolute Gasteiger partial charge is 0.0599 e. The largest absolute Gasteiger partial charge is 0.380 e. The van der Waals surface area contributed by atoms with Gasteiger partial charge in [-0.2, -0.15) is 0 Å². The van der Waals surface area contributed by atoms with E-state index in [1.807, 2.05) is 0 Å². The first-order valence-corrected chi connectivity index (χ1v) is 6.33. The number of terminal acetylenes is 1. The summed E-state index contributed by atoms with van der Waals surface area (Å²) in [6.45, 7) is 5.06. The van der Waals surface area contributed by atoms with Crippen LogP contribution in [0.1, 0.15) is 18.9 Å². The van der Waals surface area contributed by atoms with Crippen LogP contribution in [-0.4, -0.2) is 30.6 Å². The predicted molar refractivity (Wildman–Crippen MR) is 73.1 cm³/mol. The molecule has 1 aromatic rings. The molecule has 90 valence electrons. The van der Waals surface area contributed by atoms with Crippen LogP contribution in [0.5, 0.6) is 0 Å². The highest BCUT2D eigenvalue weighted by atomic mass is 15.1. The van der Waals surface area contributed by atoms with Crippen LogP contribution in [0.3, 0.4) is 0 Å². The molecule has 2 heteroatoms. The Morgan fingerprint density at radius 3 is 3.00 bits per heavy atom. The van der Waals surface area contributed by atoms with Crippen molar-refractivity contribution in [3.63, 3.8) is 0 Å². The van der Waals surface area contributed by atoms with E-state index in [9.17, 15) is 0 Å². The Labute approximate surface area is 104 Å². The SMILES string of the molecule is C#CCN(CCC)CC1Cc2ccccc2N1. The summed E-state index contributed by atoms with van der Waals surface area (Å²) in [5.41, 5.74) is 2.71. The van der Waals surface area contributed by atoms with Gasteiger partial charge in [0.2, 0.25) is 0 Å². The van der Waals surface area contributed by atoms with Crippen LogP contribution in [0.25, 0.3) is 0 Å². The van der Waals surface area contributed by atoms with E-state index < -0.39 is 0 Å². The molecule has 0 spiro atoms. The fraction of sp³-hybridized carbons (Fsp3) is 0.467. The van der Waals surface area contributed by atoms with Gasteiger partial charge in [-0.25, -0.2) is 0 Å². The van der Waals surface area contributed by atoms with Gasteiger partial charge in [0, 0.05) is 18.3 Å². The van der Waals surface area contributed by atoms with Crippen LogP contribution in [0.2, 0.25) is 0 Å². The lowest BCUT2D eigenvalue weighted by atomic mass is 10.1. The summed E-state index contributed by atoms with van der Waals surface area (Å²) < 4.78 is 0. The monoisotopic (exact) mass is 228 g/mol. The van der Waals surface area contributed by atoms with Crippen LogP contribution in [-0.2, 0) is 6.42 Å². The average molecular weight is 228 g/mol. The molecule has 17 heavy (non-hydrogen) atoms. The fourth-order valence-corrected chi connectivity index (χ4v) is 2.48. The summed E-state index contributed by atoms with van der Waals surface area (Å²) in [4.78, 5) is 2.35. The van der Waals surface area contributed by atoms with Gasteiger partial charge >= 0.3 is 0 Å². The Kier molecular flexibility index (Phi) is 4.06. The molecule has 1 atom stereocenters. The van der Waals surface area contributed by atoms with Crippen molar-refractivity contribution in [2.24, 2.45) is 0 Å². The van der Waals surface area contributed by atoms with Crippen LogP contribution in [0, 0.1) is 12.3 Å². The molecule has 0 amide bonds. The standard InChI is InChI=1S/C15H20N2/c1-3-9-17(10-4-2)12-14-11-13-7-5-6-8-15(13)16-14/h1,5-8,14,16H,4,9-12H2,2H3. The van der Waals surface area contributed by atoms with Gasteiger partial charge in [0.15, 0.2) is 0 Å². The number of nitrogens with zero attached hydrogens (tertiary/aromatic N) is 1. The number of nitrogens with one attached hydrogen (secondary N) is 1. The molecule has 0 fully saturated rings. The molecule has 1 N–H and O–H groups in total. The zero-order valence-electron chi connectivity index (χ0n) is 10.4. The van der Waals surface area contributed by atoms with Crippen molar-refractivity contribution in [3.8, 4) is 12.3 Å². The number of hydrogen-bond acceptors (Lipinski definition) is 2. The third-order valence-corrected chi connectivity index (χ3v) is 3.18. The maximum absolute atomic E-state index is 5.41. The van der Waals surface area contributed by atoms with Crippen molar-refractivity contribution in [3.05, 3.63) is 29.8 Å². The maximum Gasteiger partial charge on any atom is 0.0599 e. The molecule has 1 aliphatic rings. The molecule has 0 aromatic heterocycles. The van der Waals surface area contributed by atoms with Crippen LogP contribution in [0.15, 0.2) is 24.3 Å². The number of rotatable bonds is 5. The van der Waals surface area contributed by atoms with E-state index in [-0.39, 0.29) is 0 Å². The van der Waals surface area contributed by atoms with E-state index in [2.05, 4.69) is 47.3 Å². The molecule has 1 unspecified atom stereocenters. The van der Waals surface area contributed by atoms with Gasteiger partial charge in [-0.3, -0.25) is 4.90 Å². The summed E-state index contributed by atoms with van der Waals surface area (Å²) in [6, 6.07) is 9.05. The Morgan fingerprint density at radius 2 is 2.29 bits per heavy atom. The Hall–Kier alpha value is -1.46. The van der Waals surface area contributed by atoms with E-state index in [0.717, 1.165) is 32.5 Å². The first-order valence-electron chi connectivity index (χ1n) is 6.33. The molecule has 2 rings (SSSR count). The third-order valence-electron chi connectivity index (χ3n) is 3.18. The second-order valence-electron chi connectivity index (χ2n) is 4.64. The minimum Gasteiger partial charge on any atom is -0.380 e. The molecule has 0 radical (unpaired) electrons. The minimum atomic E-state index is 0.507. The highest BCUT2D eigenvalue weighted by molar-refractivity contribution is 5.56. The van der Waals surface area contributed by atoms with E-state index in [1.165, 1.54) is 11.3 Å². The molecular weight excluding hydrogens is 208 g/mol. The molecule has 2 nitrogen and oxygen atoms in total. The van der Waals surface area contributed by atoms with E-state index in [4.69, 9.17) is 6.42 Å². The molecule has 1 aliphatic heterocycles. The summed E-state index contributed by atoms with van der Waals surface area (Å²) >= 11 is 0. The zero-order chi connectivity index (χ0) is 12.1. The van der Waals surface area contributed by atoms with Crippen molar-refractivity contribution in [2.75, 3.05) is 25.0 Å². The highest BCUT2D eigenvalue weighted by Crippen LogP contribution is 2.25. The average Bonchev–Trinajstić information content (AvgIpc) is 2.71. The van der Waals surface area contributed by atoms with Gasteiger partial charge in [-0.05, 0) is 31.0 Å². The number of anilines is 1. The van der Waals surface area contributed by atoms with Crippen molar-refractivity contribution >= 4 is 5.69 Å². The lowest BCUT2D eigenvalue weighted by molar-refractivity contribution is 0.295. The second kappa shape index (κ2) is 5.75. The van der Waals surface area contributed by atoms with Crippen LogP contribution in [0.4, 0.5) is 5.69 Å². The Bertz CT molecular complexity index is 381. The normalized spacial score (nSPS) is 17.6. The number of benzene rings is 1. The molecule has 0 saturated carbocycles. The van der Waals surface area contributed by atoms with Crippen LogP contribution < -0.4 is 5.32 Å². The molecule has 1 heterocycles. The number of hydrogen-bond donors (Lipinski definition) is 1. The number of para-hydroxylation sites is 1. The van der Waals surface area contributed by atoms with Gasteiger partial charge in [0.1, 0.15) is 0 Å². The van der Waals surface area contributed by atoms with Gasteiger partial charge < -0.3 is 5.32 Å². The highest BCUT2D eigenvalue weighted by Gasteiger charge is 2.21. The minimum absolute atomic E-state index is 0.507. The van der Waals surface area contributed by atoms with Gasteiger partial charge in [-0.1, -0.05) is 31.0 Å². The summed E-state index contributed by atoms with van der Waals surface area (Å²) in [5, 5.41) is 3.57. The van der Waals surface area contributed by atoms with E-state index in [1.54, 1.807) is 0 Å². The van der Waals surface area contributed by atoms with E-state index >= 15 is 0 Å². The summed E-state index contributed by atoms with van der Waals surface area (Å²) in [5.74, 6) is 2.75. The maximum atomic E-state index is 5.41. The van der Waals surface area contributed by atoms with Gasteiger partial charge in [0.25, 0.3) is 0 Å². The number of fused-ring (bicyclic) bond motifs is 1. The Morgan fingerprint density at radius 1 is 1.47 bits per heavy atom. The molecule has 0 aliphatic carbocycles. The summed E-state index contributed by atoms with van der Waals surface area (Å²) in [6.07, 6.45) is 7.67. The lowest BCUT2D eigenvalue weighted by Crippen LogP contribution is -2.36. The van der Waals surface area contributed by atoms with Crippen molar-refractivity contribution in [2.45, 2.75) is 25.8 Å². The topological polar surface area (TPSA) is 15.3 Å². The summed E-state index contributed by atoms with van der Waals surface area (Å²) in [7, 11) is 0. The first-order chi connectivity index (χ1) is 8.33. The molecule has 1 aromatic carbocycles. The Balaban J connectivity index is 1.92. The molecular formula is C15H20N2. The first kappa shape index (κ1) is 12.0. The van der Waals surface area contributed by atoms with E-state index in [0.29, 0.717) is 6.04 Å². The third kappa shape index (κ3) is 3.01. The fourth-order valence-electron chi connectivity index (χ4n) is 2.48. The van der Waals surface area contributed by atoms with Gasteiger partial charge in [-0.15, -0.1) is 6.42 Å². The molecule has 0 bridgehead atoms. The van der Waals surface area contributed by atoms with Crippen molar-refractivity contribution < 1.29 is 0 Å². The quantitative estimate of drug-likeness (QED) is 0.778. The zero-order valence-corrected chi connectivity index (χ0v) is 10.4. The van der Waals surface area contributed by atoms with Crippen LogP contribution >= 0.6 is 0 Å². The van der Waals surface area contributed by atoms with Gasteiger partial charge in [0.05, 0.1) is 6.54 Å².